The fourth-order valence-electron chi connectivity index (χ4n) is 3.58. The molecule has 140 valence electrons. The maximum absolute atomic E-state index is 5.17. The van der Waals surface area contributed by atoms with Gasteiger partial charge in [0.25, 0.3) is 0 Å². The zero-order valence-corrected chi connectivity index (χ0v) is 17.6. The Labute approximate surface area is 160 Å². The molecule has 1 aromatic rings. The molecular formula is C25H35N. The lowest BCUT2D eigenvalue weighted by Gasteiger charge is -2.16. The van der Waals surface area contributed by atoms with Gasteiger partial charge in [0.1, 0.15) is 0 Å². The van der Waals surface area contributed by atoms with Crippen molar-refractivity contribution < 1.29 is 0 Å². The zero-order chi connectivity index (χ0) is 19.3. The molecule has 0 unspecified atom stereocenters. The normalized spacial score (nSPS) is 14.9. The summed E-state index contributed by atoms with van der Waals surface area (Å²) in [6.07, 6.45) is 10.3. The fraction of sp³-hybridized carbons (Fsp3) is 0.480. The van der Waals surface area contributed by atoms with E-state index in [0.717, 1.165) is 30.5 Å². The smallest absolute Gasteiger partial charge is 0.0746 e. The van der Waals surface area contributed by atoms with Gasteiger partial charge in [-0.3, -0.25) is 4.99 Å². The molecule has 1 aliphatic rings. The van der Waals surface area contributed by atoms with Crippen LogP contribution < -0.4 is 0 Å². The quantitative estimate of drug-likeness (QED) is 0.441. The number of hydrogen-bond donors (Lipinski definition) is 0. The maximum Gasteiger partial charge on any atom is 0.0746 e. The third kappa shape index (κ3) is 4.84. The van der Waals surface area contributed by atoms with E-state index < -0.39 is 0 Å². The Balaban J connectivity index is 2.54. The van der Waals surface area contributed by atoms with Gasteiger partial charge >= 0.3 is 0 Å². The molecule has 0 radical (unpaired) electrons. The highest BCUT2D eigenvalue weighted by Gasteiger charge is 2.19. The molecule has 1 heteroatoms. The number of fused-ring (bicyclic) bond motifs is 1. The summed E-state index contributed by atoms with van der Waals surface area (Å²) in [5, 5.41) is 0. The van der Waals surface area contributed by atoms with Crippen LogP contribution in [0.15, 0.2) is 47.0 Å². The van der Waals surface area contributed by atoms with Crippen LogP contribution in [-0.4, -0.2) is 5.71 Å². The second-order valence-corrected chi connectivity index (χ2v) is 7.89. The van der Waals surface area contributed by atoms with E-state index in [2.05, 4.69) is 72.4 Å². The Morgan fingerprint density at radius 2 is 1.88 bits per heavy atom. The van der Waals surface area contributed by atoms with Gasteiger partial charge in [-0.1, -0.05) is 70.4 Å². The molecule has 0 saturated carbocycles. The molecule has 1 aromatic carbocycles. The van der Waals surface area contributed by atoms with E-state index >= 15 is 0 Å². The van der Waals surface area contributed by atoms with Crippen LogP contribution in [0.5, 0.6) is 0 Å². The van der Waals surface area contributed by atoms with Crippen LogP contribution in [0.4, 0.5) is 5.69 Å². The van der Waals surface area contributed by atoms with Gasteiger partial charge in [0.2, 0.25) is 0 Å². The van der Waals surface area contributed by atoms with Crippen molar-refractivity contribution in [2.45, 2.75) is 79.6 Å². The number of rotatable bonds is 7. The Kier molecular flexibility index (Phi) is 7.20. The summed E-state index contributed by atoms with van der Waals surface area (Å²) < 4.78 is 0. The zero-order valence-electron chi connectivity index (χ0n) is 17.6. The molecule has 0 spiro atoms. The number of benzene rings is 1. The first kappa shape index (κ1) is 20.4. The SMILES string of the molecule is C=C1C(C)=CC(C/C(=C/CCC)CCC)=Nc2c1cc(C)cc2C(C)C. The first-order chi connectivity index (χ1) is 12.4. The van der Waals surface area contributed by atoms with Crippen molar-refractivity contribution in [1.29, 1.82) is 0 Å². The summed E-state index contributed by atoms with van der Waals surface area (Å²) in [6.45, 7) is 17.7. The number of unbranched alkanes of at least 4 members (excludes halogenated alkanes) is 1. The van der Waals surface area contributed by atoms with Crippen LogP contribution in [0.1, 0.15) is 89.3 Å². The van der Waals surface area contributed by atoms with E-state index in [4.69, 9.17) is 4.99 Å². The van der Waals surface area contributed by atoms with Crippen molar-refractivity contribution in [3.63, 3.8) is 0 Å². The van der Waals surface area contributed by atoms with Crippen LogP contribution in [-0.2, 0) is 0 Å². The van der Waals surface area contributed by atoms with Gasteiger partial charge < -0.3 is 0 Å². The average Bonchev–Trinajstić information content (AvgIpc) is 2.70. The lowest BCUT2D eigenvalue weighted by Crippen LogP contribution is -1.99. The van der Waals surface area contributed by atoms with E-state index in [1.54, 1.807) is 0 Å². The van der Waals surface area contributed by atoms with Crippen LogP contribution in [0.3, 0.4) is 0 Å². The molecule has 1 heterocycles. The van der Waals surface area contributed by atoms with Crippen molar-refractivity contribution >= 4 is 17.0 Å². The van der Waals surface area contributed by atoms with Crippen molar-refractivity contribution in [3.05, 3.63) is 58.7 Å². The predicted molar refractivity (Wildman–Crippen MR) is 118 cm³/mol. The number of hydrogen-bond acceptors (Lipinski definition) is 1. The molecular weight excluding hydrogens is 314 g/mol. The fourth-order valence-corrected chi connectivity index (χ4v) is 3.58. The molecule has 0 amide bonds. The van der Waals surface area contributed by atoms with Crippen molar-refractivity contribution in [1.82, 2.24) is 0 Å². The third-order valence-electron chi connectivity index (χ3n) is 5.05. The first-order valence-electron chi connectivity index (χ1n) is 10.1. The summed E-state index contributed by atoms with van der Waals surface area (Å²) in [4.78, 5) is 5.17. The van der Waals surface area contributed by atoms with Gasteiger partial charge in [-0.25, -0.2) is 0 Å². The number of nitrogens with zero attached hydrogens (tertiary/aromatic N) is 1. The molecule has 0 bridgehead atoms. The summed E-state index contributed by atoms with van der Waals surface area (Å²) >= 11 is 0. The van der Waals surface area contributed by atoms with Crippen LogP contribution in [0, 0.1) is 6.92 Å². The maximum atomic E-state index is 5.17. The number of allylic oxidation sites excluding steroid dienone is 5. The Morgan fingerprint density at radius 1 is 1.15 bits per heavy atom. The minimum absolute atomic E-state index is 0.450. The molecule has 2 rings (SSSR count). The molecule has 1 nitrogen and oxygen atoms in total. The topological polar surface area (TPSA) is 12.4 Å². The van der Waals surface area contributed by atoms with Gasteiger partial charge in [0.05, 0.1) is 5.69 Å². The highest BCUT2D eigenvalue weighted by Crippen LogP contribution is 2.40. The summed E-state index contributed by atoms with van der Waals surface area (Å²) in [7, 11) is 0. The first-order valence-corrected chi connectivity index (χ1v) is 10.1. The standard InChI is InChI=1S/C25H35N/c1-8-10-12-21(11-9-2)16-22-15-19(6)20(7)24-14-18(5)13-23(17(3)4)25(24)26-22/h12-15,17H,7-11,16H2,1-6H3/b21-12+. The van der Waals surface area contributed by atoms with Crippen molar-refractivity contribution in [2.75, 3.05) is 0 Å². The lowest BCUT2D eigenvalue weighted by molar-refractivity contribution is 0.858. The van der Waals surface area contributed by atoms with E-state index in [1.807, 2.05) is 0 Å². The number of aliphatic imine (C=N–C) groups is 1. The van der Waals surface area contributed by atoms with E-state index in [1.165, 1.54) is 46.4 Å². The Bertz CT molecular complexity index is 757. The third-order valence-corrected chi connectivity index (χ3v) is 5.05. The molecule has 0 saturated heterocycles. The largest absolute Gasteiger partial charge is 0.252 e. The molecule has 0 aliphatic carbocycles. The Morgan fingerprint density at radius 3 is 2.50 bits per heavy atom. The minimum atomic E-state index is 0.450. The molecule has 0 N–H and O–H groups in total. The van der Waals surface area contributed by atoms with Crippen LogP contribution >= 0.6 is 0 Å². The van der Waals surface area contributed by atoms with Crippen LogP contribution in [0.2, 0.25) is 0 Å². The number of aryl methyl sites for hydroxylation is 1. The monoisotopic (exact) mass is 349 g/mol. The summed E-state index contributed by atoms with van der Waals surface area (Å²) in [5.74, 6) is 0.450. The van der Waals surface area contributed by atoms with Gasteiger partial charge in [0, 0.05) is 17.7 Å². The summed E-state index contributed by atoms with van der Waals surface area (Å²) in [6, 6.07) is 4.53. The molecule has 0 aromatic heterocycles. The van der Waals surface area contributed by atoms with Crippen LogP contribution in [0.25, 0.3) is 5.57 Å². The minimum Gasteiger partial charge on any atom is -0.252 e. The predicted octanol–water partition coefficient (Wildman–Crippen LogP) is 8.08. The second kappa shape index (κ2) is 9.16. The highest BCUT2D eigenvalue weighted by molar-refractivity contribution is 6.05. The lowest BCUT2D eigenvalue weighted by atomic mass is 9.91. The van der Waals surface area contributed by atoms with E-state index in [9.17, 15) is 0 Å². The van der Waals surface area contributed by atoms with E-state index in [0.29, 0.717) is 5.92 Å². The van der Waals surface area contributed by atoms with Crippen molar-refractivity contribution in [3.8, 4) is 0 Å². The van der Waals surface area contributed by atoms with Gasteiger partial charge in [-0.15, -0.1) is 0 Å². The highest BCUT2D eigenvalue weighted by atomic mass is 14.8. The second-order valence-electron chi connectivity index (χ2n) is 7.89. The van der Waals surface area contributed by atoms with E-state index in [-0.39, 0.29) is 0 Å². The Hall–Kier alpha value is -1.89. The molecule has 0 atom stereocenters. The average molecular weight is 350 g/mol. The molecule has 26 heavy (non-hydrogen) atoms. The van der Waals surface area contributed by atoms with Gasteiger partial charge in [-0.2, -0.15) is 0 Å². The molecule has 1 aliphatic heterocycles. The summed E-state index contributed by atoms with van der Waals surface area (Å²) in [5.41, 5.74) is 9.98. The van der Waals surface area contributed by atoms with Gasteiger partial charge in [0.15, 0.2) is 0 Å². The molecule has 0 fully saturated rings. The van der Waals surface area contributed by atoms with Gasteiger partial charge in [-0.05, 0) is 61.5 Å². The van der Waals surface area contributed by atoms with Crippen molar-refractivity contribution in [2.24, 2.45) is 4.99 Å².